The number of aliphatic imine (C=N–C) groups is 1. The molecule has 1 fully saturated rings. The number of carbonyl (C=O) groups excluding carboxylic acids is 1. The maximum absolute atomic E-state index is 14.4. The van der Waals surface area contributed by atoms with Crippen molar-refractivity contribution in [1.29, 1.82) is 0 Å². The smallest absolute Gasteiger partial charge is 0.252 e. The molecule has 0 bridgehead atoms. The number of rotatable bonds is 11. The van der Waals surface area contributed by atoms with Crippen LogP contribution in [-0.2, 0) is 16.0 Å². The number of aliphatic hydroxyl groups excluding tert-OH is 1. The van der Waals surface area contributed by atoms with Gasteiger partial charge in [-0.1, -0.05) is 76.6 Å². The summed E-state index contributed by atoms with van der Waals surface area (Å²) >= 11 is 16.5. The molecule has 3 aromatic carbocycles. The van der Waals surface area contributed by atoms with Crippen molar-refractivity contribution in [2.45, 2.75) is 62.2 Å². The van der Waals surface area contributed by atoms with Crippen molar-refractivity contribution < 1.29 is 24.5 Å². The molecule has 2 atom stereocenters. The second-order valence-electron chi connectivity index (χ2n) is 11.2. The number of ether oxygens (including phenoxy) is 2. The Morgan fingerprint density at radius 3 is 2.44 bits per heavy atom. The van der Waals surface area contributed by atoms with Gasteiger partial charge in [-0.2, -0.15) is 0 Å². The summed E-state index contributed by atoms with van der Waals surface area (Å²) in [6.45, 7) is 0.574. The topological polar surface area (TPSA) is 100 Å². The van der Waals surface area contributed by atoms with Crippen LogP contribution in [0.5, 0.6) is 5.75 Å². The lowest BCUT2D eigenvalue weighted by molar-refractivity contribution is -0.130. The number of aliphatic hydroxyl groups is 2. The van der Waals surface area contributed by atoms with Crippen molar-refractivity contribution >= 4 is 50.9 Å². The Balaban J connectivity index is 1.56. The molecule has 1 aliphatic carbocycles. The quantitative estimate of drug-likeness (QED) is 0.192. The van der Waals surface area contributed by atoms with E-state index in [2.05, 4.69) is 21.2 Å². The van der Waals surface area contributed by atoms with E-state index in [0.29, 0.717) is 58.7 Å². The van der Waals surface area contributed by atoms with Gasteiger partial charge in [-0.05, 0) is 66.9 Å². The minimum atomic E-state index is -1.44. The van der Waals surface area contributed by atoms with Crippen LogP contribution in [0.25, 0.3) is 0 Å². The van der Waals surface area contributed by atoms with Gasteiger partial charge in [-0.3, -0.25) is 4.79 Å². The lowest BCUT2D eigenvalue weighted by Crippen LogP contribution is -2.54. The molecule has 3 N–H and O–H groups in total. The van der Waals surface area contributed by atoms with Gasteiger partial charge in [0.2, 0.25) is 5.90 Å². The van der Waals surface area contributed by atoms with Crippen LogP contribution in [0.1, 0.15) is 61.3 Å². The summed E-state index contributed by atoms with van der Waals surface area (Å²) in [5, 5.41) is 24.1. The Kier molecular flexibility index (Phi) is 10.3. The third-order valence-corrected chi connectivity index (χ3v) is 9.12. The summed E-state index contributed by atoms with van der Waals surface area (Å²) in [5.74, 6) is 0.582. The predicted molar refractivity (Wildman–Crippen MR) is 172 cm³/mol. The number of amides is 1. The highest BCUT2D eigenvalue weighted by Gasteiger charge is 2.54. The molecule has 10 heteroatoms. The Morgan fingerprint density at radius 1 is 1.05 bits per heavy atom. The van der Waals surface area contributed by atoms with Gasteiger partial charge in [0, 0.05) is 51.6 Å². The molecule has 1 amide bonds. The van der Waals surface area contributed by atoms with Crippen LogP contribution in [0.2, 0.25) is 10.0 Å². The molecular formula is C33H35BrCl2N2O5. The van der Waals surface area contributed by atoms with Crippen LogP contribution >= 0.6 is 39.1 Å². The first-order chi connectivity index (χ1) is 20.7. The summed E-state index contributed by atoms with van der Waals surface area (Å²) in [4.78, 5) is 19.5. The summed E-state index contributed by atoms with van der Waals surface area (Å²) in [6.07, 6.45) is 4.07. The largest absolute Gasteiger partial charge is 0.494 e. The molecule has 228 valence electrons. The lowest BCUT2D eigenvalue weighted by Gasteiger charge is -2.35. The van der Waals surface area contributed by atoms with Crippen molar-refractivity contribution in [2.75, 3.05) is 19.8 Å². The van der Waals surface area contributed by atoms with Gasteiger partial charge < -0.3 is 25.0 Å². The monoisotopic (exact) mass is 688 g/mol. The number of halogens is 3. The van der Waals surface area contributed by atoms with Crippen LogP contribution in [0.15, 0.2) is 76.2 Å². The average molecular weight is 690 g/mol. The number of nitrogens with zero attached hydrogens (tertiary/aromatic N) is 1. The van der Waals surface area contributed by atoms with Gasteiger partial charge in [0.05, 0.1) is 12.2 Å². The highest BCUT2D eigenvalue weighted by Crippen LogP contribution is 2.45. The van der Waals surface area contributed by atoms with Gasteiger partial charge in [0.1, 0.15) is 5.75 Å². The number of hydrogen-bond acceptors (Lipinski definition) is 6. The number of carbonyl (C=O) groups is 1. The fourth-order valence-electron chi connectivity index (χ4n) is 5.67. The molecule has 1 saturated carbocycles. The van der Waals surface area contributed by atoms with E-state index in [1.807, 2.05) is 36.4 Å². The zero-order chi connectivity index (χ0) is 30.5. The molecule has 2 aliphatic rings. The molecule has 5 rings (SSSR count). The molecule has 1 aliphatic heterocycles. The highest BCUT2D eigenvalue weighted by molar-refractivity contribution is 9.10. The first-order valence-corrected chi connectivity index (χ1v) is 16.1. The van der Waals surface area contributed by atoms with Crippen molar-refractivity contribution in [3.8, 4) is 5.75 Å². The van der Waals surface area contributed by atoms with Gasteiger partial charge >= 0.3 is 0 Å². The third kappa shape index (κ3) is 7.55. The molecule has 0 aromatic heterocycles. The van der Waals surface area contributed by atoms with Gasteiger partial charge in [-0.25, -0.2) is 4.99 Å². The SMILES string of the molecule is O=C(NCC1(O)CCCCC1)[C@]1(Cc2ccc(Br)cc2)N=C(c2ccc(OCCCO)cc2)O[C@@H]1c1ccc(Cl)cc1Cl. The fourth-order valence-corrected chi connectivity index (χ4v) is 6.44. The lowest BCUT2D eigenvalue weighted by atomic mass is 9.81. The summed E-state index contributed by atoms with van der Waals surface area (Å²) in [7, 11) is 0. The highest BCUT2D eigenvalue weighted by atomic mass is 79.9. The van der Waals surface area contributed by atoms with Crippen LogP contribution in [-0.4, -0.2) is 52.9 Å². The number of hydrogen-bond donors (Lipinski definition) is 3. The minimum Gasteiger partial charge on any atom is -0.494 e. The summed E-state index contributed by atoms with van der Waals surface area (Å²) in [5.41, 5.74) is -0.274. The molecule has 0 spiro atoms. The Hall–Kier alpha value is -2.62. The summed E-state index contributed by atoms with van der Waals surface area (Å²) < 4.78 is 13.2. The van der Waals surface area contributed by atoms with E-state index < -0.39 is 17.2 Å². The van der Waals surface area contributed by atoms with Crippen LogP contribution in [0.3, 0.4) is 0 Å². The van der Waals surface area contributed by atoms with Crippen LogP contribution < -0.4 is 10.1 Å². The molecule has 0 unspecified atom stereocenters. The minimum absolute atomic E-state index is 0.0529. The van der Waals surface area contributed by atoms with E-state index in [4.69, 9.17) is 42.8 Å². The third-order valence-electron chi connectivity index (χ3n) is 8.02. The van der Waals surface area contributed by atoms with Crippen molar-refractivity contribution in [3.05, 3.63) is 97.9 Å². The van der Waals surface area contributed by atoms with Crippen LogP contribution in [0.4, 0.5) is 0 Å². The number of benzene rings is 3. The van der Waals surface area contributed by atoms with E-state index in [9.17, 15) is 9.90 Å². The molecule has 3 aromatic rings. The maximum Gasteiger partial charge on any atom is 0.252 e. The Morgan fingerprint density at radius 2 is 1.77 bits per heavy atom. The van der Waals surface area contributed by atoms with Gasteiger partial charge in [-0.15, -0.1) is 0 Å². The van der Waals surface area contributed by atoms with Crippen molar-refractivity contribution in [1.82, 2.24) is 5.32 Å². The van der Waals surface area contributed by atoms with E-state index in [1.54, 1.807) is 30.3 Å². The van der Waals surface area contributed by atoms with Crippen molar-refractivity contribution in [3.63, 3.8) is 0 Å². The average Bonchev–Trinajstić information content (AvgIpc) is 3.38. The van der Waals surface area contributed by atoms with Gasteiger partial charge in [0.25, 0.3) is 5.91 Å². The molecule has 0 radical (unpaired) electrons. The molecule has 0 saturated heterocycles. The molecular weight excluding hydrogens is 655 g/mol. The normalized spacial score (nSPS) is 21.1. The fraction of sp³-hybridized carbons (Fsp3) is 0.394. The zero-order valence-corrected chi connectivity index (χ0v) is 26.8. The first-order valence-electron chi connectivity index (χ1n) is 14.5. The van der Waals surface area contributed by atoms with Gasteiger partial charge in [0.15, 0.2) is 11.6 Å². The summed E-state index contributed by atoms with van der Waals surface area (Å²) in [6, 6.07) is 20.1. The molecule has 43 heavy (non-hydrogen) atoms. The second-order valence-corrected chi connectivity index (χ2v) is 13.0. The van der Waals surface area contributed by atoms with E-state index in [1.165, 1.54) is 0 Å². The molecule has 1 heterocycles. The number of nitrogens with one attached hydrogen (secondary N) is 1. The predicted octanol–water partition coefficient (Wildman–Crippen LogP) is 6.83. The Bertz CT molecular complexity index is 1440. The van der Waals surface area contributed by atoms with Crippen LogP contribution in [0, 0.1) is 0 Å². The maximum atomic E-state index is 14.4. The van der Waals surface area contributed by atoms with E-state index >= 15 is 0 Å². The second kappa shape index (κ2) is 14.0. The standard InChI is InChI=1S/C33H35BrCl2N2O5/c34-24-9-5-22(6-10-24)20-33(31(40)37-21-32(41)15-2-1-3-16-32)29(27-14-11-25(35)19-28(27)36)43-30(38-33)23-7-12-26(13-8-23)42-18-4-17-39/h5-14,19,29,39,41H,1-4,15-18,20-21H2,(H,37,40)/t29-,33-/m1/s1. The van der Waals surface area contributed by atoms with E-state index in [-0.39, 0.29) is 25.5 Å². The van der Waals surface area contributed by atoms with E-state index in [0.717, 1.165) is 29.3 Å². The van der Waals surface area contributed by atoms with Crippen molar-refractivity contribution in [2.24, 2.45) is 4.99 Å². The molecule has 7 nitrogen and oxygen atoms in total. The first kappa shape index (κ1) is 31.8. The zero-order valence-electron chi connectivity index (χ0n) is 23.7. The Labute approximate surface area is 270 Å².